The van der Waals surface area contributed by atoms with Crippen LogP contribution in [0.2, 0.25) is 0 Å². The van der Waals surface area contributed by atoms with Gasteiger partial charge in [-0.2, -0.15) is 0 Å². The van der Waals surface area contributed by atoms with Crippen molar-refractivity contribution in [3.63, 3.8) is 0 Å². The summed E-state index contributed by atoms with van der Waals surface area (Å²) in [5.74, 6) is -0.893. The minimum atomic E-state index is -0.685. The van der Waals surface area contributed by atoms with Crippen molar-refractivity contribution in [3.05, 3.63) is 33.8 Å². The third-order valence-corrected chi connectivity index (χ3v) is 3.65. The third kappa shape index (κ3) is 8.33. The Hall–Kier alpha value is -2.09. The maximum absolute atomic E-state index is 12.2. The topological polar surface area (TPSA) is 93.7 Å². The number of aryl methyl sites for hydroxylation is 1. The number of amides is 2. The SMILES string of the molecule is COC(=O)C[C@H](NC(=O)CNC(=O)OC(C)(C)C)c1cc(C)cc(Br)c1. The van der Waals surface area contributed by atoms with Gasteiger partial charge < -0.3 is 20.1 Å². The van der Waals surface area contributed by atoms with E-state index in [1.54, 1.807) is 20.8 Å². The summed E-state index contributed by atoms with van der Waals surface area (Å²) < 4.78 is 10.6. The summed E-state index contributed by atoms with van der Waals surface area (Å²) in [6, 6.07) is 5.04. The molecule has 0 aliphatic rings. The Labute approximate surface area is 161 Å². The standard InChI is InChI=1S/C18H25BrN2O5/c1-11-6-12(8-13(19)7-11)14(9-16(23)25-5)21-15(22)10-20-17(24)26-18(2,3)4/h6-8,14H,9-10H2,1-5H3,(H,20,24)(H,21,22)/t14-/m0/s1. The molecule has 0 aliphatic heterocycles. The first-order valence-electron chi connectivity index (χ1n) is 8.10. The summed E-state index contributed by atoms with van der Waals surface area (Å²) in [6.45, 7) is 6.84. The van der Waals surface area contributed by atoms with Crippen molar-refractivity contribution in [1.82, 2.24) is 10.6 Å². The Morgan fingerprint density at radius 1 is 1.19 bits per heavy atom. The summed E-state index contributed by atoms with van der Waals surface area (Å²) in [5.41, 5.74) is 1.08. The predicted octanol–water partition coefficient (Wildman–Crippen LogP) is 3.00. The number of benzene rings is 1. The molecule has 26 heavy (non-hydrogen) atoms. The van der Waals surface area contributed by atoms with Crippen molar-refractivity contribution in [2.45, 2.75) is 45.8 Å². The van der Waals surface area contributed by atoms with E-state index >= 15 is 0 Å². The second kappa shape index (κ2) is 9.56. The molecule has 0 heterocycles. The van der Waals surface area contributed by atoms with E-state index in [0.717, 1.165) is 15.6 Å². The molecule has 1 aromatic rings. The number of alkyl carbamates (subject to hydrolysis) is 1. The third-order valence-electron chi connectivity index (χ3n) is 3.19. The molecule has 0 bridgehead atoms. The Kier molecular flexibility index (Phi) is 8.08. The van der Waals surface area contributed by atoms with Gasteiger partial charge in [-0.05, 0) is 51.0 Å². The molecule has 8 heteroatoms. The van der Waals surface area contributed by atoms with Crippen molar-refractivity contribution >= 4 is 33.9 Å². The minimum Gasteiger partial charge on any atom is -0.469 e. The van der Waals surface area contributed by atoms with E-state index in [2.05, 4.69) is 26.6 Å². The van der Waals surface area contributed by atoms with Crippen molar-refractivity contribution in [3.8, 4) is 0 Å². The number of hydrogen-bond acceptors (Lipinski definition) is 5. The number of hydrogen-bond donors (Lipinski definition) is 2. The van der Waals surface area contributed by atoms with Crippen LogP contribution >= 0.6 is 15.9 Å². The molecule has 0 saturated carbocycles. The molecule has 1 rings (SSSR count). The van der Waals surface area contributed by atoms with Crippen molar-refractivity contribution in [2.75, 3.05) is 13.7 Å². The average Bonchev–Trinajstić information content (AvgIpc) is 2.49. The zero-order valence-corrected chi connectivity index (χ0v) is 17.2. The molecular weight excluding hydrogens is 404 g/mol. The Morgan fingerprint density at radius 2 is 1.85 bits per heavy atom. The molecule has 1 atom stereocenters. The van der Waals surface area contributed by atoms with Crippen LogP contribution < -0.4 is 10.6 Å². The average molecular weight is 429 g/mol. The summed E-state index contributed by atoms with van der Waals surface area (Å²) in [4.78, 5) is 35.5. The van der Waals surface area contributed by atoms with Crippen molar-refractivity contribution < 1.29 is 23.9 Å². The molecule has 0 spiro atoms. The molecule has 0 radical (unpaired) electrons. The highest BCUT2D eigenvalue weighted by Gasteiger charge is 2.21. The molecular formula is C18H25BrN2O5. The van der Waals surface area contributed by atoms with E-state index in [0.29, 0.717) is 0 Å². The molecule has 2 amide bonds. The highest BCUT2D eigenvalue weighted by molar-refractivity contribution is 9.10. The number of methoxy groups -OCH3 is 1. The van der Waals surface area contributed by atoms with E-state index in [1.165, 1.54) is 7.11 Å². The molecule has 0 fully saturated rings. The van der Waals surface area contributed by atoms with Crippen LogP contribution in [0.3, 0.4) is 0 Å². The van der Waals surface area contributed by atoms with Crippen molar-refractivity contribution in [1.29, 1.82) is 0 Å². The van der Waals surface area contributed by atoms with Crippen LogP contribution in [0, 0.1) is 6.92 Å². The normalized spacial score (nSPS) is 12.1. The van der Waals surface area contributed by atoms with Crippen LogP contribution in [0.5, 0.6) is 0 Å². The van der Waals surface area contributed by atoms with Gasteiger partial charge in [0, 0.05) is 4.47 Å². The monoisotopic (exact) mass is 428 g/mol. The maximum atomic E-state index is 12.2. The zero-order chi connectivity index (χ0) is 19.9. The van der Waals surface area contributed by atoms with Gasteiger partial charge in [-0.15, -0.1) is 0 Å². The van der Waals surface area contributed by atoms with Gasteiger partial charge in [-0.3, -0.25) is 9.59 Å². The highest BCUT2D eigenvalue weighted by Crippen LogP contribution is 2.23. The minimum absolute atomic E-state index is 0.0232. The molecule has 2 N–H and O–H groups in total. The summed E-state index contributed by atoms with van der Waals surface area (Å²) in [5, 5.41) is 5.13. The van der Waals surface area contributed by atoms with Gasteiger partial charge in [0.25, 0.3) is 0 Å². The first-order chi connectivity index (χ1) is 12.0. The fourth-order valence-electron chi connectivity index (χ4n) is 2.18. The largest absolute Gasteiger partial charge is 0.469 e. The van der Waals surface area contributed by atoms with E-state index in [1.807, 2.05) is 25.1 Å². The Morgan fingerprint density at radius 3 is 2.38 bits per heavy atom. The molecule has 7 nitrogen and oxygen atoms in total. The van der Waals surface area contributed by atoms with E-state index < -0.39 is 29.6 Å². The lowest BCUT2D eigenvalue weighted by Gasteiger charge is -2.21. The number of ether oxygens (including phenoxy) is 2. The van der Waals surface area contributed by atoms with Gasteiger partial charge in [-0.25, -0.2) is 4.79 Å². The number of rotatable bonds is 6. The van der Waals surface area contributed by atoms with E-state index in [9.17, 15) is 14.4 Å². The predicted molar refractivity (Wildman–Crippen MR) is 101 cm³/mol. The molecule has 0 saturated heterocycles. The summed E-state index contributed by atoms with van der Waals surface area (Å²) in [7, 11) is 1.29. The zero-order valence-electron chi connectivity index (χ0n) is 15.6. The van der Waals surface area contributed by atoms with Crippen LogP contribution in [-0.2, 0) is 19.1 Å². The fourth-order valence-corrected chi connectivity index (χ4v) is 2.81. The lowest BCUT2D eigenvalue weighted by atomic mass is 10.0. The van der Waals surface area contributed by atoms with Gasteiger partial charge in [0.1, 0.15) is 12.1 Å². The fraction of sp³-hybridized carbons (Fsp3) is 0.500. The number of carbonyl (C=O) groups excluding carboxylic acids is 3. The van der Waals surface area contributed by atoms with Crippen LogP contribution in [0.1, 0.15) is 44.4 Å². The maximum Gasteiger partial charge on any atom is 0.408 e. The summed E-state index contributed by atoms with van der Waals surface area (Å²) >= 11 is 3.41. The van der Waals surface area contributed by atoms with Gasteiger partial charge >= 0.3 is 12.1 Å². The van der Waals surface area contributed by atoms with Crippen LogP contribution in [0.15, 0.2) is 22.7 Å². The smallest absolute Gasteiger partial charge is 0.408 e. The van der Waals surface area contributed by atoms with Gasteiger partial charge in [0.2, 0.25) is 5.91 Å². The Balaban J connectivity index is 2.77. The molecule has 144 valence electrons. The second-order valence-electron chi connectivity index (χ2n) is 6.82. The second-order valence-corrected chi connectivity index (χ2v) is 7.73. The highest BCUT2D eigenvalue weighted by atomic mass is 79.9. The first kappa shape index (κ1) is 22.0. The summed E-state index contributed by atoms with van der Waals surface area (Å²) in [6.07, 6.45) is -0.708. The molecule has 1 aromatic carbocycles. The molecule has 0 aliphatic carbocycles. The van der Waals surface area contributed by atoms with Gasteiger partial charge in [0.15, 0.2) is 0 Å². The van der Waals surface area contributed by atoms with E-state index in [4.69, 9.17) is 9.47 Å². The molecule has 0 aromatic heterocycles. The number of halogens is 1. The lowest BCUT2D eigenvalue weighted by Crippen LogP contribution is -2.41. The first-order valence-corrected chi connectivity index (χ1v) is 8.89. The van der Waals surface area contributed by atoms with E-state index in [-0.39, 0.29) is 13.0 Å². The van der Waals surface area contributed by atoms with Crippen LogP contribution in [0.4, 0.5) is 4.79 Å². The van der Waals surface area contributed by atoms with Gasteiger partial charge in [-0.1, -0.05) is 22.0 Å². The van der Waals surface area contributed by atoms with Crippen LogP contribution in [-0.4, -0.2) is 37.2 Å². The number of nitrogens with one attached hydrogen (secondary N) is 2. The van der Waals surface area contributed by atoms with Crippen LogP contribution in [0.25, 0.3) is 0 Å². The molecule has 0 unspecified atom stereocenters. The lowest BCUT2D eigenvalue weighted by molar-refractivity contribution is -0.141. The quantitative estimate of drug-likeness (QED) is 0.679. The number of esters is 1. The Bertz CT molecular complexity index is 650. The van der Waals surface area contributed by atoms with Crippen molar-refractivity contribution in [2.24, 2.45) is 0 Å². The number of carbonyl (C=O) groups is 3. The van der Waals surface area contributed by atoms with Gasteiger partial charge in [0.05, 0.1) is 19.6 Å².